The zero-order valence-corrected chi connectivity index (χ0v) is 13.0. The summed E-state index contributed by atoms with van der Waals surface area (Å²) in [5.41, 5.74) is 2.91. The monoisotopic (exact) mass is 272 g/mol. The lowest BCUT2D eigenvalue weighted by atomic mass is 9.85. The van der Waals surface area contributed by atoms with Crippen molar-refractivity contribution in [2.45, 2.75) is 46.6 Å². The van der Waals surface area contributed by atoms with E-state index in [-0.39, 0.29) is 11.3 Å². The van der Waals surface area contributed by atoms with Crippen LogP contribution in [-0.4, -0.2) is 14.9 Å². The lowest BCUT2D eigenvalue weighted by Crippen LogP contribution is -2.14. The van der Waals surface area contributed by atoms with Crippen molar-refractivity contribution >= 4 is 0 Å². The van der Waals surface area contributed by atoms with E-state index in [9.17, 15) is 5.11 Å². The van der Waals surface area contributed by atoms with Crippen LogP contribution in [-0.2, 0) is 12.0 Å². The molecule has 1 heterocycles. The minimum absolute atomic E-state index is 0.148. The predicted molar refractivity (Wildman–Crippen MR) is 82.9 cm³/mol. The summed E-state index contributed by atoms with van der Waals surface area (Å²) in [6, 6.07) is 10.2. The highest BCUT2D eigenvalue weighted by Gasteiger charge is 2.28. The fourth-order valence-electron chi connectivity index (χ4n) is 2.51. The molecule has 108 valence electrons. The molecule has 0 bridgehead atoms. The van der Waals surface area contributed by atoms with Crippen molar-refractivity contribution in [2.75, 3.05) is 0 Å². The summed E-state index contributed by atoms with van der Waals surface area (Å²) in [5, 5.41) is 14.7. The summed E-state index contributed by atoms with van der Waals surface area (Å²) in [6.07, 6.45) is 0. The molecular formula is C17H24N2O. The Morgan fingerprint density at radius 1 is 1.15 bits per heavy atom. The second kappa shape index (κ2) is 5.31. The number of nitrogens with zero attached hydrogens (tertiary/aromatic N) is 2. The molecule has 0 saturated carbocycles. The van der Waals surface area contributed by atoms with Crippen LogP contribution in [0.25, 0.3) is 11.3 Å². The van der Waals surface area contributed by atoms with Crippen LogP contribution in [0.1, 0.15) is 40.2 Å². The summed E-state index contributed by atoms with van der Waals surface area (Å²) in [5.74, 6) is 0.626. The van der Waals surface area contributed by atoms with E-state index in [1.54, 1.807) is 0 Å². The van der Waals surface area contributed by atoms with Gasteiger partial charge in [0.15, 0.2) is 0 Å². The standard InChI is InChI=1S/C17H24N2O/c1-12(2)11-19-15(13-9-7-6-8-10-13)14(16(20)18-19)17(3,4)5/h6-10,12H,11H2,1-5H3,(H,18,20). The minimum atomic E-state index is -0.148. The van der Waals surface area contributed by atoms with Crippen LogP contribution in [0.15, 0.2) is 30.3 Å². The average Bonchev–Trinajstić information content (AvgIpc) is 2.65. The van der Waals surface area contributed by atoms with Crippen molar-refractivity contribution in [1.82, 2.24) is 9.78 Å². The number of aromatic nitrogens is 2. The fourth-order valence-corrected chi connectivity index (χ4v) is 2.51. The van der Waals surface area contributed by atoms with E-state index >= 15 is 0 Å². The largest absolute Gasteiger partial charge is 0.492 e. The summed E-state index contributed by atoms with van der Waals surface area (Å²) in [7, 11) is 0. The molecule has 1 N–H and O–H groups in total. The number of benzene rings is 1. The van der Waals surface area contributed by atoms with E-state index < -0.39 is 0 Å². The molecule has 0 saturated heterocycles. The Bertz CT molecular complexity index is 577. The third-order valence-electron chi connectivity index (χ3n) is 3.27. The molecule has 3 nitrogen and oxygen atoms in total. The minimum Gasteiger partial charge on any atom is -0.492 e. The van der Waals surface area contributed by atoms with Crippen LogP contribution >= 0.6 is 0 Å². The second-order valence-corrected chi connectivity index (χ2v) is 6.74. The van der Waals surface area contributed by atoms with Crippen LogP contribution in [0.2, 0.25) is 0 Å². The summed E-state index contributed by atoms with van der Waals surface area (Å²) >= 11 is 0. The highest BCUT2D eigenvalue weighted by molar-refractivity contribution is 5.67. The Balaban J connectivity index is 2.67. The molecule has 0 aliphatic heterocycles. The van der Waals surface area contributed by atoms with Crippen LogP contribution in [0.4, 0.5) is 0 Å². The molecule has 0 amide bonds. The summed E-state index contributed by atoms with van der Waals surface area (Å²) in [4.78, 5) is 0. The van der Waals surface area contributed by atoms with Gasteiger partial charge in [0.05, 0.1) is 5.69 Å². The van der Waals surface area contributed by atoms with E-state index in [0.717, 1.165) is 23.4 Å². The number of rotatable bonds is 3. The van der Waals surface area contributed by atoms with E-state index in [0.29, 0.717) is 5.92 Å². The van der Waals surface area contributed by atoms with Crippen molar-refractivity contribution in [3.05, 3.63) is 35.9 Å². The lowest BCUT2D eigenvalue weighted by Gasteiger charge is -2.20. The highest BCUT2D eigenvalue weighted by Crippen LogP contribution is 2.39. The van der Waals surface area contributed by atoms with Gasteiger partial charge in [-0.15, -0.1) is 5.10 Å². The first kappa shape index (κ1) is 14.6. The van der Waals surface area contributed by atoms with Gasteiger partial charge in [0.1, 0.15) is 0 Å². The maximum absolute atomic E-state index is 10.3. The second-order valence-electron chi connectivity index (χ2n) is 6.74. The molecule has 2 aromatic rings. The highest BCUT2D eigenvalue weighted by atomic mass is 16.3. The zero-order chi connectivity index (χ0) is 14.9. The molecule has 0 spiro atoms. The van der Waals surface area contributed by atoms with Crippen LogP contribution in [0.3, 0.4) is 0 Å². The Hall–Kier alpha value is -1.77. The first-order chi connectivity index (χ1) is 9.30. The number of aromatic hydroxyl groups is 1. The molecule has 0 unspecified atom stereocenters. The Kier molecular flexibility index (Phi) is 3.89. The van der Waals surface area contributed by atoms with Crippen LogP contribution in [0.5, 0.6) is 5.88 Å². The molecule has 0 atom stereocenters. The summed E-state index contributed by atoms with van der Waals surface area (Å²) in [6.45, 7) is 11.4. The predicted octanol–water partition coefficient (Wildman–Crippen LogP) is 4.21. The van der Waals surface area contributed by atoms with E-state index in [4.69, 9.17) is 0 Å². The van der Waals surface area contributed by atoms with Gasteiger partial charge in [0, 0.05) is 17.7 Å². The van der Waals surface area contributed by atoms with Crippen LogP contribution in [0, 0.1) is 5.92 Å². The summed E-state index contributed by atoms with van der Waals surface area (Å²) < 4.78 is 1.94. The molecule has 1 aromatic heterocycles. The first-order valence-electron chi connectivity index (χ1n) is 7.16. The zero-order valence-electron chi connectivity index (χ0n) is 13.0. The average molecular weight is 272 g/mol. The van der Waals surface area contributed by atoms with Crippen molar-refractivity contribution in [1.29, 1.82) is 0 Å². The van der Waals surface area contributed by atoms with Gasteiger partial charge in [-0.05, 0) is 11.3 Å². The third kappa shape index (κ3) is 2.87. The lowest BCUT2D eigenvalue weighted by molar-refractivity contribution is 0.411. The van der Waals surface area contributed by atoms with E-state index in [1.807, 2.05) is 22.9 Å². The molecule has 0 aliphatic carbocycles. The third-order valence-corrected chi connectivity index (χ3v) is 3.27. The Morgan fingerprint density at radius 2 is 1.75 bits per heavy atom. The molecule has 0 fully saturated rings. The van der Waals surface area contributed by atoms with Gasteiger partial charge < -0.3 is 5.11 Å². The normalized spacial score (nSPS) is 12.1. The Morgan fingerprint density at radius 3 is 2.25 bits per heavy atom. The maximum atomic E-state index is 10.3. The van der Waals surface area contributed by atoms with Gasteiger partial charge >= 0.3 is 0 Å². The fraction of sp³-hybridized carbons (Fsp3) is 0.471. The van der Waals surface area contributed by atoms with Gasteiger partial charge in [-0.1, -0.05) is 65.0 Å². The molecular weight excluding hydrogens is 248 g/mol. The Labute approximate surface area is 121 Å². The van der Waals surface area contributed by atoms with Gasteiger partial charge in [0.2, 0.25) is 5.88 Å². The molecule has 3 heteroatoms. The topological polar surface area (TPSA) is 38.0 Å². The van der Waals surface area contributed by atoms with Gasteiger partial charge in [-0.2, -0.15) is 0 Å². The van der Waals surface area contributed by atoms with E-state index in [2.05, 4.69) is 51.9 Å². The van der Waals surface area contributed by atoms with Crippen molar-refractivity contribution < 1.29 is 5.11 Å². The maximum Gasteiger partial charge on any atom is 0.234 e. The quantitative estimate of drug-likeness (QED) is 0.909. The van der Waals surface area contributed by atoms with E-state index in [1.165, 1.54) is 0 Å². The molecule has 0 aliphatic rings. The molecule has 0 radical (unpaired) electrons. The van der Waals surface area contributed by atoms with Crippen molar-refractivity contribution in [3.63, 3.8) is 0 Å². The van der Waals surface area contributed by atoms with Gasteiger partial charge in [0.25, 0.3) is 0 Å². The number of hydrogen-bond donors (Lipinski definition) is 1. The number of hydrogen-bond acceptors (Lipinski definition) is 2. The SMILES string of the molecule is CC(C)Cn1nc(O)c(C(C)(C)C)c1-c1ccccc1. The molecule has 1 aromatic carbocycles. The van der Waals surface area contributed by atoms with Crippen LogP contribution < -0.4 is 0 Å². The molecule has 2 rings (SSSR count). The van der Waals surface area contributed by atoms with Crippen molar-refractivity contribution in [2.24, 2.45) is 5.92 Å². The smallest absolute Gasteiger partial charge is 0.234 e. The first-order valence-corrected chi connectivity index (χ1v) is 7.16. The van der Waals surface area contributed by atoms with Gasteiger partial charge in [-0.25, -0.2) is 0 Å². The molecule has 20 heavy (non-hydrogen) atoms. The van der Waals surface area contributed by atoms with Crippen molar-refractivity contribution in [3.8, 4) is 17.1 Å². The van der Waals surface area contributed by atoms with Gasteiger partial charge in [-0.3, -0.25) is 4.68 Å².